The van der Waals surface area contributed by atoms with Gasteiger partial charge in [0.1, 0.15) is 24.2 Å². The van der Waals surface area contributed by atoms with Gasteiger partial charge in [-0.2, -0.15) is 0 Å². The molecule has 0 fully saturated rings. The summed E-state index contributed by atoms with van der Waals surface area (Å²) >= 11 is 0. The van der Waals surface area contributed by atoms with E-state index in [9.17, 15) is 0 Å². The summed E-state index contributed by atoms with van der Waals surface area (Å²) in [6.45, 7) is 9.96. The Bertz CT molecular complexity index is 709. The first-order chi connectivity index (χ1) is 12.0. The molecule has 1 atom stereocenters. The highest BCUT2D eigenvalue weighted by Gasteiger charge is 2.08. The molecule has 0 saturated heterocycles. The van der Waals surface area contributed by atoms with Crippen molar-refractivity contribution in [3.05, 3.63) is 41.5 Å². The van der Waals surface area contributed by atoms with Crippen LogP contribution in [0.15, 0.2) is 29.3 Å². The van der Waals surface area contributed by atoms with E-state index in [1.54, 1.807) is 0 Å². The van der Waals surface area contributed by atoms with Gasteiger partial charge in [-0.05, 0) is 39.3 Å². The molecule has 1 aromatic carbocycles. The molecule has 1 aromatic heterocycles. The number of hydrogen-bond acceptors (Lipinski definition) is 4. The Kier molecular flexibility index (Phi) is 6.80. The molecule has 0 bridgehead atoms. The van der Waals surface area contributed by atoms with Crippen LogP contribution in [0.25, 0.3) is 0 Å². The molecule has 0 aliphatic heterocycles. The van der Waals surface area contributed by atoms with Crippen LogP contribution in [0.1, 0.15) is 31.1 Å². The molecule has 0 radical (unpaired) electrons. The average molecular weight is 344 g/mol. The molecule has 2 aromatic rings. The molecule has 0 spiro atoms. The smallest absolute Gasteiger partial charge is 0.191 e. The van der Waals surface area contributed by atoms with Crippen LogP contribution >= 0.6 is 0 Å². The van der Waals surface area contributed by atoms with Crippen LogP contribution in [-0.4, -0.2) is 39.9 Å². The summed E-state index contributed by atoms with van der Waals surface area (Å²) in [6.07, 6.45) is 0.0158. The lowest BCUT2D eigenvalue weighted by Crippen LogP contribution is -2.41. The molecule has 25 heavy (non-hydrogen) atoms. The largest absolute Gasteiger partial charge is 0.489 e. The Morgan fingerprint density at radius 2 is 2.00 bits per heavy atom. The molecule has 7 heteroatoms. The van der Waals surface area contributed by atoms with E-state index in [4.69, 9.17) is 4.74 Å². The third-order valence-corrected chi connectivity index (χ3v) is 3.88. The van der Waals surface area contributed by atoms with Gasteiger partial charge in [0.15, 0.2) is 11.8 Å². The molecule has 2 N–H and O–H groups in total. The van der Waals surface area contributed by atoms with Gasteiger partial charge >= 0.3 is 0 Å². The molecule has 0 saturated carbocycles. The van der Waals surface area contributed by atoms with Crippen LogP contribution in [-0.2, 0) is 13.6 Å². The quantitative estimate of drug-likeness (QED) is 0.593. The minimum atomic E-state index is 0.0158. The highest BCUT2D eigenvalue weighted by molar-refractivity contribution is 5.79. The average Bonchev–Trinajstić information content (AvgIpc) is 2.91. The number of hydrogen-bond donors (Lipinski definition) is 2. The summed E-state index contributed by atoms with van der Waals surface area (Å²) in [5, 5.41) is 14.7. The van der Waals surface area contributed by atoms with Gasteiger partial charge in [0.25, 0.3) is 0 Å². The highest BCUT2D eigenvalue weighted by Crippen LogP contribution is 2.17. The van der Waals surface area contributed by atoms with Gasteiger partial charge in [-0.15, -0.1) is 10.2 Å². The van der Waals surface area contributed by atoms with Crippen molar-refractivity contribution in [2.45, 2.75) is 40.3 Å². The Morgan fingerprint density at radius 3 is 2.64 bits per heavy atom. The monoisotopic (exact) mass is 344 g/mol. The molecular weight excluding hydrogens is 316 g/mol. The van der Waals surface area contributed by atoms with Gasteiger partial charge in [-0.3, -0.25) is 0 Å². The zero-order valence-corrected chi connectivity index (χ0v) is 15.7. The first-order valence-corrected chi connectivity index (χ1v) is 8.60. The van der Waals surface area contributed by atoms with Crippen molar-refractivity contribution in [2.75, 3.05) is 13.1 Å². The maximum atomic E-state index is 5.99. The number of ether oxygens (including phenoxy) is 1. The molecule has 0 aliphatic carbocycles. The Labute approximate surface area is 149 Å². The zero-order chi connectivity index (χ0) is 18.2. The molecule has 0 amide bonds. The third kappa shape index (κ3) is 5.48. The number of aromatic nitrogens is 3. The van der Waals surface area contributed by atoms with Crippen LogP contribution in [0.2, 0.25) is 0 Å². The van der Waals surface area contributed by atoms with Crippen LogP contribution in [0.5, 0.6) is 5.75 Å². The molecule has 1 unspecified atom stereocenters. The van der Waals surface area contributed by atoms with E-state index < -0.39 is 0 Å². The van der Waals surface area contributed by atoms with Gasteiger partial charge in [0.05, 0.1) is 6.54 Å². The third-order valence-electron chi connectivity index (χ3n) is 3.88. The first-order valence-electron chi connectivity index (χ1n) is 8.60. The predicted octanol–water partition coefficient (Wildman–Crippen LogP) is 1.95. The van der Waals surface area contributed by atoms with Crippen molar-refractivity contribution in [2.24, 2.45) is 12.0 Å². The number of aliphatic imine (C=N–C) groups is 1. The number of benzene rings is 1. The molecule has 1 heterocycles. The van der Waals surface area contributed by atoms with E-state index in [0.717, 1.165) is 35.5 Å². The lowest BCUT2D eigenvalue weighted by atomic mass is 10.2. The fourth-order valence-corrected chi connectivity index (χ4v) is 2.27. The second kappa shape index (κ2) is 9.05. The van der Waals surface area contributed by atoms with Crippen molar-refractivity contribution in [3.8, 4) is 5.75 Å². The predicted molar refractivity (Wildman–Crippen MR) is 99.8 cm³/mol. The van der Waals surface area contributed by atoms with Crippen molar-refractivity contribution in [1.29, 1.82) is 0 Å². The van der Waals surface area contributed by atoms with E-state index in [2.05, 4.69) is 25.8 Å². The Hall–Kier alpha value is -2.57. The molecule has 7 nitrogen and oxygen atoms in total. The van der Waals surface area contributed by atoms with Gasteiger partial charge in [-0.25, -0.2) is 4.99 Å². The van der Waals surface area contributed by atoms with Gasteiger partial charge in [0, 0.05) is 13.6 Å². The van der Waals surface area contributed by atoms with Gasteiger partial charge in [-0.1, -0.05) is 18.2 Å². The zero-order valence-electron chi connectivity index (χ0n) is 15.7. The minimum absolute atomic E-state index is 0.0158. The van der Waals surface area contributed by atoms with Crippen LogP contribution in [0.4, 0.5) is 0 Å². The second-order valence-electron chi connectivity index (χ2n) is 5.99. The minimum Gasteiger partial charge on any atom is -0.489 e. The number of aryl methyl sites for hydroxylation is 2. The Balaban J connectivity index is 1.91. The van der Waals surface area contributed by atoms with Crippen molar-refractivity contribution < 1.29 is 4.74 Å². The fraction of sp³-hybridized carbons (Fsp3) is 0.500. The SMILES string of the molecule is CCNC(=NCc1nnc(C)n1C)NCC(C)Oc1ccccc1C. The van der Waals surface area contributed by atoms with Gasteiger partial charge < -0.3 is 19.9 Å². The number of rotatable bonds is 7. The number of nitrogens with zero attached hydrogens (tertiary/aromatic N) is 4. The van der Waals surface area contributed by atoms with Crippen molar-refractivity contribution in [3.63, 3.8) is 0 Å². The first kappa shape index (κ1) is 18.8. The molecule has 2 rings (SSSR count). The summed E-state index contributed by atoms with van der Waals surface area (Å²) in [7, 11) is 1.94. The number of nitrogens with one attached hydrogen (secondary N) is 2. The number of guanidine groups is 1. The van der Waals surface area contributed by atoms with E-state index >= 15 is 0 Å². The lowest BCUT2D eigenvalue weighted by molar-refractivity contribution is 0.222. The fourth-order valence-electron chi connectivity index (χ4n) is 2.27. The second-order valence-corrected chi connectivity index (χ2v) is 5.99. The highest BCUT2D eigenvalue weighted by atomic mass is 16.5. The summed E-state index contributed by atoms with van der Waals surface area (Å²) in [5.41, 5.74) is 1.13. The Morgan fingerprint density at radius 1 is 1.24 bits per heavy atom. The van der Waals surface area contributed by atoms with E-state index in [0.29, 0.717) is 13.1 Å². The van der Waals surface area contributed by atoms with Crippen LogP contribution in [0.3, 0.4) is 0 Å². The summed E-state index contributed by atoms with van der Waals surface area (Å²) < 4.78 is 7.93. The molecule has 136 valence electrons. The topological polar surface area (TPSA) is 76.4 Å². The molecular formula is C18H28N6O. The van der Waals surface area contributed by atoms with E-state index in [-0.39, 0.29) is 6.10 Å². The normalized spacial score (nSPS) is 12.8. The number of para-hydroxylation sites is 1. The summed E-state index contributed by atoms with van der Waals surface area (Å²) in [6, 6.07) is 8.03. The van der Waals surface area contributed by atoms with E-state index in [1.165, 1.54) is 0 Å². The standard InChI is InChI=1S/C18H28N6O/c1-6-19-18(21-12-17-23-22-15(4)24(17)5)20-11-14(3)25-16-10-8-7-9-13(16)2/h7-10,14H,6,11-12H2,1-5H3,(H2,19,20,21). The van der Waals surface area contributed by atoms with Crippen LogP contribution < -0.4 is 15.4 Å². The lowest BCUT2D eigenvalue weighted by Gasteiger charge is -2.18. The van der Waals surface area contributed by atoms with Crippen LogP contribution in [0, 0.1) is 13.8 Å². The van der Waals surface area contributed by atoms with E-state index in [1.807, 2.05) is 63.6 Å². The van der Waals surface area contributed by atoms with Crippen molar-refractivity contribution in [1.82, 2.24) is 25.4 Å². The summed E-state index contributed by atoms with van der Waals surface area (Å²) in [4.78, 5) is 4.57. The summed E-state index contributed by atoms with van der Waals surface area (Å²) in [5.74, 6) is 3.36. The molecule has 0 aliphatic rings. The maximum absolute atomic E-state index is 5.99. The van der Waals surface area contributed by atoms with Gasteiger partial charge in [0.2, 0.25) is 0 Å². The van der Waals surface area contributed by atoms with Crippen molar-refractivity contribution >= 4 is 5.96 Å². The maximum Gasteiger partial charge on any atom is 0.191 e.